The normalized spacial score (nSPS) is 11.4. The molecule has 28 heavy (non-hydrogen) atoms. The first-order valence-corrected chi connectivity index (χ1v) is 10.5. The van der Waals surface area contributed by atoms with Gasteiger partial charge in [0.2, 0.25) is 10.0 Å². The van der Waals surface area contributed by atoms with Crippen LogP contribution < -0.4 is 15.0 Å². The summed E-state index contributed by atoms with van der Waals surface area (Å²) in [6.07, 6.45) is 0. The maximum Gasteiger partial charge on any atom is 0.255 e. The quantitative estimate of drug-likeness (QED) is 0.730. The van der Waals surface area contributed by atoms with Crippen LogP contribution in [0.25, 0.3) is 0 Å². The van der Waals surface area contributed by atoms with Crippen LogP contribution in [0.1, 0.15) is 24.2 Å². The number of anilines is 2. The van der Waals surface area contributed by atoms with Crippen molar-refractivity contribution in [3.63, 3.8) is 0 Å². The van der Waals surface area contributed by atoms with Crippen molar-refractivity contribution in [3.8, 4) is 5.75 Å². The lowest BCUT2D eigenvalue weighted by Gasteiger charge is -2.17. The molecule has 0 atom stereocenters. The highest BCUT2D eigenvalue weighted by atomic mass is 32.2. The van der Waals surface area contributed by atoms with Gasteiger partial charge in [0.1, 0.15) is 10.6 Å². The van der Waals surface area contributed by atoms with Gasteiger partial charge in [0.05, 0.1) is 6.61 Å². The van der Waals surface area contributed by atoms with Crippen LogP contribution in [0.15, 0.2) is 47.4 Å². The third kappa shape index (κ3) is 4.82. The van der Waals surface area contributed by atoms with E-state index in [0.717, 1.165) is 16.5 Å². The highest BCUT2D eigenvalue weighted by Crippen LogP contribution is 2.29. The molecule has 0 unspecified atom stereocenters. The predicted molar refractivity (Wildman–Crippen MR) is 112 cm³/mol. The molecule has 8 heteroatoms. The van der Waals surface area contributed by atoms with Gasteiger partial charge < -0.3 is 15.0 Å². The van der Waals surface area contributed by atoms with Crippen LogP contribution in [0.5, 0.6) is 5.75 Å². The average molecular weight is 406 g/mol. The van der Waals surface area contributed by atoms with Gasteiger partial charge in [-0.05, 0) is 56.3 Å². The number of nitrogens with zero attached hydrogens (tertiary/aromatic N) is 2. The molecule has 7 nitrogen and oxygen atoms in total. The molecule has 2 rings (SSSR count). The molecule has 152 valence electrons. The van der Waals surface area contributed by atoms with Crippen molar-refractivity contribution in [3.05, 3.63) is 48.0 Å². The van der Waals surface area contributed by atoms with Crippen molar-refractivity contribution in [1.29, 1.82) is 0 Å². The SMILES string of the molecule is CCOc1ccc(NC(=O)c2ccc(N(C)CC)cc2)cc1S(=O)(=O)N(C)C. The second kappa shape index (κ2) is 9.07. The minimum Gasteiger partial charge on any atom is -0.492 e. The summed E-state index contributed by atoms with van der Waals surface area (Å²) >= 11 is 0. The van der Waals surface area contributed by atoms with Crippen LogP contribution in [0, 0.1) is 0 Å². The summed E-state index contributed by atoms with van der Waals surface area (Å²) in [5, 5.41) is 2.75. The molecule has 2 aromatic carbocycles. The molecule has 0 aliphatic rings. The number of sulfonamides is 1. The van der Waals surface area contributed by atoms with Gasteiger partial charge >= 0.3 is 0 Å². The van der Waals surface area contributed by atoms with Crippen LogP contribution in [-0.4, -0.2) is 52.9 Å². The summed E-state index contributed by atoms with van der Waals surface area (Å²) in [6.45, 7) is 5.02. The van der Waals surface area contributed by atoms with E-state index in [1.165, 1.54) is 20.2 Å². The van der Waals surface area contributed by atoms with Crippen LogP contribution in [0.3, 0.4) is 0 Å². The Kier molecular flexibility index (Phi) is 7.04. The van der Waals surface area contributed by atoms with E-state index in [2.05, 4.69) is 10.2 Å². The molecular weight excluding hydrogens is 378 g/mol. The number of amides is 1. The molecule has 0 heterocycles. The predicted octanol–water partition coefficient (Wildman–Crippen LogP) is 3.04. The smallest absolute Gasteiger partial charge is 0.255 e. The largest absolute Gasteiger partial charge is 0.492 e. The van der Waals surface area contributed by atoms with Gasteiger partial charge in [-0.3, -0.25) is 4.79 Å². The minimum atomic E-state index is -3.72. The highest BCUT2D eigenvalue weighted by Gasteiger charge is 2.23. The third-order valence-electron chi connectivity index (χ3n) is 4.30. The van der Waals surface area contributed by atoms with Gasteiger partial charge in [-0.15, -0.1) is 0 Å². The molecule has 0 aliphatic heterocycles. The lowest BCUT2D eigenvalue weighted by molar-refractivity contribution is 0.102. The first-order chi connectivity index (χ1) is 13.2. The Bertz CT molecular complexity index is 925. The van der Waals surface area contributed by atoms with Gasteiger partial charge in [0.15, 0.2) is 0 Å². The Morgan fingerprint density at radius 2 is 1.68 bits per heavy atom. The summed E-state index contributed by atoms with van der Waals surface area (Å²) in [5.74, 6) is -0.0655. The zero-order valence-corrected chi connectivity index (χ0v) is 17.7. The highest BCUT2D eigenvalue weighted by molar-refractivity contribution is 7.89. The van der Waals surface area contributed by atoms with Gasteiger partial charge in [-0.25, -0.2) is 12.7 Å². The molecule has 0 saturated heterocycles. The Balaban J connectivity index is 2.29. The fourth-order valence-electron chi connectivity index (χ4n) is 2.51. The van der Waals surface area contributed by atoms with Gasteiger partial charge in [0, 0.05) is 44.6 Å². The fraction of sp³-hybridized carbons (Fsp3) is 0.350. The van der Waals surface area contributed by atoms with E-state index in [4.69, 9.17) is 4.74 Å². The van der Waals surface area contributed by atoms with Crippen molar-refractivity contribution < 1.29 is 17.9 Å². The fourth-order valence-corrected chi connectivity index (χ4v) is 3.56. The number of hydrogen-bond donors (Lipinski definition) is 1. The monoisotopic (exact) mass is 405 g/mol. The molecule has 1 amide bonds. The second-order valence-electron chi connectivity index (χ2n) is 6.40. The molecule has 0 aromatic heterocycles. The van der Waals surface area contributed by atoms with Gasteiger partial charge in [-0.2, -0.15) is 0 Å². The Morgan fingerprint density at radius 1 is 1.04 bits per heavy atom. The number of ether oxygens (including phenoxy) is 1. The van der Waals surface area contributed by atoms with E-state index in [1.807, 2.05) is 26.1 Å². The van der Waals surface area contributed by atoms with Crippen molar-refractivity contribution in [2.24, 2.45) is 0 Å². The average Bonchev–Trinajstić information content (AvgIpc) is 2.68. The topological polar surface area (TPSA) is 79.0 Å². The summed E-state index contributed by atoms with van der Waals surface area (Å²) in [6, 6.07) is 11.8. The Labute approximate surface area is 167 Å². The van der Waals surface area contributed by atoms with Crippen molar-refractivity contribution >= 4 is 27.3 Å². The zero-order valence-electron chi connectivity index (χ0n) is 16.9. The van der Waals surface area contributed by atoms with Crippen LogP contribution in [0.2, 0.25) is 0 Å². The van der Waals surface area contributed by atoms with E-state index in [1.54, 1.807) is 31.2 Å². The molecule has 0 radical (unpaired) electrons. The Morgan fingerprint density at radius 3 is 2.21 bits per heavy atom. The maximum absolute atomic E-state index is 12.6. The van der Waals surface area contributed by atoms with Crippen LogP contribution in [0.4, 0.5) is 11.4 Å². The Hall–Kier alpha value is -2.58. The first-order valence-electron chi connectivity index (χ1n) is 9.02. The van der Waals surface area contributed by atoms with Crippen molar-refractivity contribution in [1.82, 2.24) is 4.31 Å². The third-order valence-corrected chi connectivity index (χ3v) is 6.14. The lowest BCUT2D eigenvalue weighted by Crippen LogP contribution is -2.23. The summed E-state index contributed by atoms with van der Waals surface area (Å²) in [4.78, 5) is 14.6. The van der Waals surface area contributed by atoms with E-state index in [9.17, 15) is 13.2 Å². The molecule has 0 fully saturated rings. The zero-order chi connectivity index (χ0) is 20.9. The molecular formula is C20H27N3O4S. The number of benzene rings is 2. The molecule has 2 aromatic rings. The first kappa shape index (κ1) is 21.7. The van der Waals surface area contributed by atoms with Crippen molar-refractivity contribution in [2.45, 2.75) is 18.7 Å². The summed E-state index contributed by atoms with van der Waals surface area (Å²) in [5.41, 5.74) is 1.88. The van der Waals surface area contributed by atoms with Gasteiger partial charge in [-0.1, -0.05) is 0 Å². The van der Waals surface area contributed by atoms with Crippen molar-refractivity contribution in [2.75, 3.05) is 44.5 Å². The number of carbonyl (C=O) groups is 1. The molecule has 0 bridgehead atoms. The second-order valence-corrected chi connectivity index (χ2v) is 8.52. The summed E-state index contributed by atoms with van der Waals surface area (Å²) in [7, 11) is 1.15. The summed E-state index contributed by atoms with van der Waals surface area (Å²) < 4.78 is 31.7. The number of carbonyl (C=O) groups excluding carboxylic acids is 1. The lowest BCUT2D eigenvalue weighted by atomic mass is 10.1. The molecule has 0 spiro atoms. The number of hydrogen-bond acceptors (Lipinski definition) is 5. The molecule has 1 N–H and O–H groups in total. The van der Waals surface area contributed by atoms with E-state index >= 15 is 0 Å². The van der Waals surface area contributed by atoms with Crippen LogP contribution in [-0.2, 0) is 10.0 Å². The molecule has 0 saturated carbocycles. The number of rotatable bonds is 8. The minimum absolute atomic E-state index is 0.0112. The maximum atomic E-state index is 12.6. The van der Waals surface area contributed by atoms with E-state index in [0.29, 0.717) is 17.9 Å². The van der Waals surface area contributed by atoms with Gasteiger partial charge in [0.25, 0.3) is 5.91 Å². The number of nitrogens with one attached hydrogen (secondary N) is 1. The molecule has 0 aliphatic carbocycles. The van der Waals surface area contributed by atoms with Crippen LogP contribution >= 0.6 is 0 Å². The standard InChI is InChI=1S/C20H27N3O4S/c1-6-23(5)17-11-8-15(9-12-17)20(24)21-16-10-13-18(27-7-2)19(14-16)28(25,26)22(3)4/h8-14H,6-7H2,1-5H3,(H,21,24). The van der Waals surface area contributed by atoms with E-state index in [-0.39, 0.29) is 16.6 Å². The van der Waals surface area contributed by atoms with E-state index < -0.39 is 10.0 Å².